The number of amides is 1. The maximum Gasteiger partial charge on any atom is 0.234 e. The number of aryl methyl sites for hydroxylation is 1. The van der Waals surface area contributed by atoms with Crippen molar-refractivity contribution in [1.82, 2.24) is 9.38 Å². The minimum absolute atomic E-state index is 0.0895. The lowest BCUT2D eigenvalue weighted by molar-refractivity contribution is -0.117. The molecule has 5 rings (SSSR count). The molecule has 1 unspecified atom stereocenters. The zero-order chi connectivity index (χ0) is 20.0. The number of imidazole rings is 1. The van der Waals surface area contributed by atoms with Gasteiger partial charge in [0.2, 0.25) is 5.91 Å². The van der Waals surface area contributed by atoms with Crippen LogP contribution in [0.1, 0.15) is 22.7 Å². The van der Waals surface area contributed by atoms with Crippen LogP contribution < -0.4 is 15.4 Å². The van der Waals surface area contributed by atoms with Crippen molar-refractivity contribution < 1.29 is 13.9 Å². The molecule has 29 heavy (non-hydrogen) atoms. The van der Waals surface area contributed by atoms with Crippen molar-refractivity contribution in [1.29, 1.82) is 0 Å². The van der Waals surface area contributed by atoms with E-state index in [4.69, 9.17) is 14.1 Å². The minimum atomic E-state index is -0.423. The number of pyridine rings is 1. The number of benzene rings is 1. The van der Waals surface area contributed by atoms with Gasteiger partial charge in [0.25, 0.3) is 0 Å². The Balaban J connectivity index is 1.61. The number of methoxy groups -OCH3 is 1. The topological polar surface area (TPSA) is 80.8 Å². The van der Waals surface area contributed by atoms with Crippen molar-refractivity contribution in [2.45, 2.75) is 19.3 Å². The molecule has 1 aromatic carbocycles. The summed E-state index contributed by atoms with van der Waals surface area (Å²) >= 11 is 0. The van der Waals surface area contributed by atoms with Crippen molar-refractivity contribution in [2.75, 3.05) is 17.7 Å². The molecule has 7 heteroatoms. The average molecular weight is 388 g/mol. The summed E-state index contributed by atoms with van der Waals surface area (Å²) in [6, 6.07) is 13.3. The van der Waals surface area contributed by atoms with Gasteiger partial charge in [-0.25, -0.2) is 4.98 Å². The van der Waals surface area contributed by atoms with Crippen LogP contribution in [0.5, 0.6) is 5.75 Å². The average Bonchev–Trinajstić information content (AvgIpc) is 3.35. The number of rotatable bonds is 4. The molecule has 0 saturated carbocycles. The highest BCUT2D eigenvalue weighted by Gasteiger charge is 2.33. The lowest BCUT2D eigenvalue weighted by Crippen LogP contribution is -2.29. The molecule has 0 aliphatic carbocycles. The maximum absolute atomic E-state index is 13.0. The quantitative estimate of drug-likeness (QED) is 0.546. The van der Waals surface area contributed by atoms with Crippen LogP contribution in [0.25, 0.3) is 5.65 Å². The second-order valence-electron chi connectivity index (χ2n) is 7.15. The van der Waals surface area contributed by atoms with Crippen molar-refractivity contribution in [3.8, 4) is 5.75 Å². The molecule has 0 saturated heterocycles. The second-order valence-corrected chi connectivity index (χ2v) is 7.15. The predicted octanol–water partition coefficient (Wildman–Crippen LogP) is 4.27. The Labute approximate surface area is 167 Å². The smallest absolute Gasteiger partial charge is 0.234 e. The molecule has 3 aromatic heterocycles. The van der Waals surface area contributed by atoms with Crippen molar-refractivity contribution >= 4 is 28.9 Å². The number of aromatic nitrogens is 2. The highest BCUT2D eigenvalue weighted by atomic mass is 16.5. The molecular weight excluding hydrogens is 368 g/mol. The maximum atomic E-state index is 13.0. The number of hydrogen-bond donors (Lipinski definition) is 2. The molecule has 1 amide bonds. The summed E-state index contributed by atoms with van der Waals surface area (Å²) < 4.78 is 12.7. The van der Waals surface area contributed by atoms with Gasteiger partial charge in [0.1, 0.15) is 17.2 Å². The van der Waals surface area contributed by atoms with Gasteiger partial charge < -0.3 is 19.8 Å². The van der Waals surface area contributed by atoms with Gasteiger partial charge in [-0.2, -0.15) is 0 Å². The van der Waals surface area contributed by atoms with E-state index in [1.807, 2.05) is 60.0 Å². The third-order valence-electron chi connectivity index (χ3n) is 5.20. The van der Waals surface area contributed by atoms with Crippen LogP contribution >= 0.6 is 0 Å². The van der Waals surface area contributed by atoms with Gasteiger partial charge in [-0.3, -0.25) is 9.20 Å². The molecule has 1 aliphatic rings. The molecule has 7 nitrogen and oxygen atoms in total. The van der Waals surface area contributed by atoms with E-state index in [9.17, 15) is 4.79 Å². The van der Waals surface area contributed by atoms with Gasteiger partial charge in [0, 0.05) is 24.0 Å². The third-order valence-corrected chi connectivity index (χ3v) is 5.20. The summed E-state index contributed by atoms with van der Waals surface area (Å²) in [5.74, 6) is 1.53. The summed E-state index contributed by atoms with van der Waals surface area (Å²) in [4.78, 5) is 17.8. The minimum Gasteiger partial charge on any atom is -0.497 e. The van der Waals surface area contributed by atoms with Crippen LogP contribution in [0.4, 0.5) is 17.4 Å². The molecular formula is C22H20N4O3. The van der Waals surface area contributed by atoms with Crippen molar-refractivity contribution in [2.24, 2.45) is 0 Å². The van der Waals surface area contributed by atoms with E-state index in [-0.39, 0.29) is 5.91 Å². The van der Waals surface area contributed by atoms with Crippen LogP contribution in [-0.4, -0.2) is 22.4 Å². The van der Waals surface area contributed by atoms with Crippen LogP contribution in [0.3, 0.4) is 0 Å². The van der Waals surface area contributed by atoms with Gasteiger partial charge in [-0.05, 0) is 42.7 Å². The van der Waals surface area contributed by atoms with E-state index in [1.54, 1.807) is 13.4 Å². The first-order chi connectivity index (χ1) is 14.1. The zero-order valence-corrected chi connectivity index (χ0v) is 16.1. The number of anilines is 3. The van der Waals surface area contributed by atoms with Gasteiger partial charge in [-0.15, -0.1) is 0 Å². The van der Waals surface area contributed by atoms with E-state index >= 15 is 0 Å². The van der Waals surface area contributed by atoms with Crippen molar-refractivity contribution in [3.05, 3.63) is 71.7 Å². The first-order valence-electron chi connectivity index (χ1n) is 9.39. The first kappa shape index (κ1) is 17.4. The normalized spacial score (nSPS) is 15.8. The third kappa shape index (κ3) is 3.00. The Bertz CT molecular complexity index is 1210. The first-order valence-corrected chi connectivity index (χ1v) is 9.39. The van der Waals surface area contributed by atoms with Gasteiger partial charge in [0.05, 0.1) is 25.0 Å². The van der Waals surface area contributed by atoms with E-state index in [2.05, 4.69) is 10.6 Å². The molecule has 4 aromatic rings. The number of carbonyl (C=O) groups excluding carboxylic acids is 1. The molecule has 0 spiro atoms. The molecule has 1 aliphatic heterocycles. The van der Waals surface area contributed by atoms with E-state index in [0.717, 1.165) is 28.3 Å². The molecule has 0 fully saturated rings. The molecule has 4 heterocycles. The number of fused-ring (bicyclic) bond motifs is 2. The van der Waals surface area contributed by atoms with Gasteiger partial charge >= 0.3 is 0 Å². The SMILES string of the molecule is COc1ccc2c(c1)NC(=O)C(c1nc3ccc(C)cn3c1Nc1ccco1)C2. The summed E-state index contributed by atoms with van der Waals surface area (Å²) in [5.41, 5.74) is 4.38. The summed E-state index contributed by atoms with van der Waals surface area (Å²) in [7, 11) is 1.61. The lowest BCUT2D eigenvalue weighted by atomic mass is 9.90. The molecule has 146 valence electrons. The van der Waals surface area contributed by atoms with Crippen LogP contribution in [-0.2, 0) is 11.2 Å². The number of nitrogens with one attached hydrogen (secondary N) is 2. The lowest BCUT2D eigenvalue weighted by Gasteiger charge is -2.24. The number of nitrogens with zero attached hydrogens (tertiary/aromatic N) is 2. The summed E-state index contributed by atoms with van der Waals surface area (Å²) in [5, 5.41) is 6.30. The molecule has 1 atom stereocenters. The predicted molar refractivity (Wildman–Crippen MR) is 110 cm³/mol. The summed E-state index contributed by atoms with van der Waals surface area (Å²) in [6.45, 7) is 2.02. The fourth-order valence-corrected chi connectivity index (χ4v) is 3.73. The highest BCUT2D eigenvalue weighted by Crippen LogP contribution is 2.37. The van der Waals surface area contributed by atoms with Crippen molar-refractivity contribution in [3.63, 3.8) is 0 Å². The van der Waals surface area contributed by atoms with Crippen LogP contribution in [0.15, 0.2) is 59.3 Å². The zero-order valence-electron chi connectivity index (χ0n) is 16.1. The number of hydrogen-bond acceptors (Lipinski definition) is 5. The van der Waals surface area contributed by atoms with E-state index in [1.165, 1.54) is 0 Å². The Morgan fingerprint density at radius 1 is 1.28 bits per heavy atom. The van der Waals surface area contributed by atoms with Crippen LogP contribution in [0, 0.1) is 6.92 Å². The number of ether oxygens (including phenoxy) is 1. The molecule has 2 N–H and O–H groups in total. The van der Waals surface area contributed by atoms with E-state index < -0.39 is 5.92 Å². The monoisotopic (exact) mass is 388 g/mol. The fourth-order valence-electron chi connectivity index (χ4n) is 3.73. The fraction of sp³-hybridized carbons (Fsp3) is 0.182. The van der Waals surface area contributed by atoms with Crippen LogP contribution in [0.2, 0.25) is 0 Å². The van der Waals surface area contributed by atoms with E-state index in [0.29, 0.717) is 23.7 Å². The molecule has 0 bridgehead atoms. The summed E-state index contributed by atoms with van der Waals surface area (Å²) in [6.07, 6.45) is 4.16. The Hall–Kier alpha value is -3.74. The van der Waals surface area contributed by atoms with Gasteiger partial charge in [-0.1, -0.05) is 12.1 Å². The number of carbonyl (C=O) groups is 1. The Kier molecular flexibility index (Phi) is 4.01. The Morgan fingerprint density at radius 3 is 2.97 bits per heavy atom. The largest absolute Gasteiger partial charge is 0.497 e. The molecule has 0 radical (unpaired) electrons. The van der Waals surface area contributed by atoms with Gasteiger partial charge in [0.15, 0.2) is 5.88 Å². The Morgan fingerprint density at radius 2 is 2.17 bits per heavy atom. The second kappa shape index (κ2) is 6.70. The highest BCUT2D eigenvalue weighted by molar-refractivity contribution is 5.99. The number of furan rings is 1. The standard InChI is InChI=1S/C22H20N4O3/c1-13-5-8-18-24-20(21(26(18)12-13)25-19-4-3-9-29-19)16-10-14-6-7-15(28-2)11-17(14)23-22(16)27/h3-9,11-12,16,25H,10H2,1-2H3,(H,23,27).